The smallest absolute Gasteiger partial charge is 0.126 e. The Kier molecular flexibility index (Phi) is 7.39. The van der Waals surface area contributed by atoms with Gasteiger partial charge in [0.15, 0.2) is 0 Å². The zero-order chi connectivity index (χ0) is 15.1. The Morgan fingerprint density at radius 3 is 2.50 bits per heavy atom. The molecule has 1 rings (SSSR count). The Hall–Kier alpha value is -0.730. The van der Waals surface area contributed by atoms with Crippen LogP contribution in [0.25, 0.3) is 0 Å². The van der Waals surface area contributed by atoms with Gasteiger partial charge in [0.1, 0.15) is 5.75 Å². The molecule has 3 heteroatoms. The molecule has 0 fully saturated rings. The lowest BCUT2D eigenvalue weighted by Gasteiger charge is -2.18. The van der Waals surface area contributed by atoms with Crippen LogP contribution in [0.3, 0.4) is 0 Å². The average molecular weight is 298 g/mol. The van der Waals surface area contributed by atoms with Crippen molar-refractivity contribution in [1.29, 1.82) is 0 Å². The fraction of sp³-hybridized carbons (Fsp3) is 0.647. The van der Waals surface area contributed by atoms with Crippen LogP contribution in [0.15, 0.2) is 12.1 Å². The first-order valence-electron chi connectivity index (χ1n) is 7.70. The number of rotatable bonds is 8. The molecule has 0 amide bonds. The van der Waals surface area contributed by atoms with Gasteiger partial charge in [0.25, 0.3) is 0 Å². The quantitative estimate of drug-likeness (QED) is 0.739. The summed E-state index contributed by atoms with van der Waals surface area (Å²) >= 11 is 6.25. The van der Waals surface area contributed by atoms with Crippen LogP contribution in [0.2, 0.25) is 5.02 Å². The van der Waals surface area contributed by atoms with Crippen molar-refractivity contribution in [2.75, 3.05) is 6.61 Å². The summed E-state index contributed by atoms with van der Waals surface area (Å²) in [6, 6.07) is 4.36. The summed E-state index contributed by atoms with van der Waals surface area (Å²) in [6.07, 6.45) is 4.13. The molecule has 0 saturated carbocycles. The number of nitrogens with two attached hydrogens (primary N) is 1. The highest BCUT2D eigenvalue weighted by atomic mass is 35.5. The standard InChI is InChI=1S/C17H28ClNO/c1-5-15(19)9-7-8-13-10-14(18)11-16(12(3)4)17(13)20-6-2/h10-12,15H,5-9,19H2,1-4H3. The van der Waals surface area contributed by atoms with Crippen molar-refractivity contribution in [2.45, 2.75) is 65.3 Å². The lowest BCUT2D eigenvalue weighted by atomic mass is 9.96. The van der Waals surface area contributed by atoms with Crippen molar-refractivity contribution >= 4 is 11.6 Å². The maximum atomic E-state index is 6.25. The molecule has 0 radical (unpaired) electrons. The molecule has 1 aromatic rings. The number of halogens is 1. The molecule has 0 aromatic heterocycles. The van der Waals surface area contributed by atoms with E-state index in [2.05, 4.69) is 20.8 Å². The van der Waals surface area contributed by atoms with E-state index >= 15 is 0 Å². The van der Waals surface area contributed by atoms with Gasteiger partial charge in [0, 0.05) is 11.1 Å². The van der Waals surface area contributed by atoms with Crippen molar-refractivity contribution in [3.05, 3.63) is 28.3 Å². The SMILES string of the molecule is CCOc1c(CCCC(N)CC)cc(Cl)cc1C(C)C. The van der Waals surface area contributed by atoms with Crippen molar-refractivity contribution in [3.8, 4) is 5.75 Å². The molecule has 0 bridgehead atoms. The summed E-state index contributed by atoms with van der Waals surface area (Å²) in [6.45, 7) is 9.18. The van der Waals surface area contributed by atoms with E-state index in [1.165, 1.54) is 11.1 Å². The van der Waals surface area contributed by atoms with Crippen LogP contribution in [0.4, 0.5) is 0 Å². The van der Waals surface area contributed by atoms with Crippen LogP contribution >= 0.6 is 11.6 Å². The van der Waals surface area contributed by atoms with E-state index in [0.717, 1.165) is 36.5 Å². The molecule has 1 aromatic carbocycles. The van der Waals surface area contributed by atoms with Gasteiger partial charge in [0.2, 0.25) is 0 Å². The zero-order valence-corrected chi connectivity index (χ0v) is 14.0. The molecule has 2 nitrogen and oxygen atoms in total. The Morgan fingerprint density at radius 1 is 1.25 bits per heavy atom. The number of aryl methyl sites for hydroxylation is 1. The monoisotopic (exact) mass is 297 g/mol. The highest BCUT2D eigenvalue weighted by molar-refractivity contribution is 6.30. The third-order valence-corrected chi connectivity index (χ3v) is 3.83. The molecule has 0 aliphatic heterocycles. The van der Waals surface area contributed by atoms with E-state index in [-0.39, 0.29) is 0 Å². The van der Waals surface area contributed by atoms with E-state index in [9.17, 15) is 0 Å². The fourth-order valence-corrected chi connectivity index (χ4v) is 2.62. The molecular weight excluding hydrogens is 270 g/mol. The third kappa shape index (κ3) is 4.99. The third-order valence-electron chi connectivity index (χ3n) is 3.62. The summed E-state index contributed by atoms with van der Waals surface area (Å²) in [5.74, 6) is 1.43. The van der Waals surface area contributed by atoms with Gasteiger partial charge in [-0.15, -0.1) is 0 Å². The molecule has 1 atom stereocenters. The summed E-state index contributed by atoms with van der Waals surface area (Å²) in [4.78, 5) is 0. The highest BCUT2D eigenvalue weighted by Gasteiger charge is 2.14. The summed E-state index contributed by atoms with van der Waals surface area (Å²) in [5.41, 5.74) is 8.40. The minimum atomic E-state index is 0.300. The predicted octanol–water partition coefficient (Wildman–Crippen LogP) is 4.92. The van der Waals surface area contributed by atoms with E-state index < -0.39 is 0 Å². The minimum Gasteiger partial charge on any atom is -0.493 e. The second-order valence-electron chi connectivity index (χ2n) is 5.63. The van der Waals surface area contributed by atoms with Crippen LogP contribution in [0.1, 0.15) is 64.0 Å². The zero-order valence-electron chi connectivity index (χ0n) is 13.2. The fourth-order valence-electron chi connectivity index (χ4n) is 2.37. The molecule has 0 aliphatic carbocycles. The van der Waals surface area contributed by atoms with Crippen molar-refractivity contribution < 1.29 is 4.74 Å². The van der Waals surface area contributed by atoms with Gasteiger partial charge in [-0.25, -0.2) is 0 Å². The Balaban J connectivity index is 2.92. The predicted molar refractivity (Wildman–Crippen MR) is 87.9 cm³/mol. The molecule has 114 valence electrons. The Bertz CT molecular complexity index is 418. The molecule has 0 heterocycles. The lowest BCUT2D eigenvalue weighted by Crippen LogP contribution is -2.18. The van der Waals surface area contributed by atoms with E-state index in [1.54, 1.807) is 0 Å². The molecule has 2 N–H and O–H groups in total. The maximum absolute atomic E-state index is 6.25. The first-order valence-corrected chi connectivity index (χ1v) is 8.08. The van der Waals surface area contributed by atoms with Gasteiger partial charge >= 0.3 is 0 Å². The van der Waals surface area contributed by atoms with E-state index in [0.29, 0.717) is 18.6 Å². The normalized spacial score (nSPS) is 12.8. The topological polar surface area (TPSA) is 35.2 Å². The minimum absolute atomic E-state index is 0.300. The van der Waals surface area contributed by atoms with Gasteiger partial charge in [0.05, 0.1) is 6.61 Å². The molecular formula is C17H28ClNO. The molecule has 0 aliphatic rings. The van der Waals surface area contributed by atoms with Crippen molar-refractivity contribution in [1.82, 2.24) is 0 Å². The van der Waals surface area contributed by atoms with E-state index in [4.69, 9.17) is 22.1 Å². The largest absolute Gasteiger partial charge is 0.493 e. The molecule has 0 saturated heterocycles. The van der Waals surface area contributed by atoms with Gasteiger partial charge in [-0.05, 0) is 61.8 Å². The lowest BCUT2D eigenvalue weighted by molar-refractivity contribution is 0.331. The second kappa shape index (κ2) is 8.53. The van der Waals surface area contributed by atoms with Crippen molar-refractivity contribution in [3.63, 3.8) is 0 Å². The van der Waals surface area contributed by atoms with Crippen LogP contribution < -0.4 is 10.5 Å². The van der Waals surface area contributed by atoms with Crippen LogP contribution in [-0.2, 0) is 6.42 Å². The Morgan fingerprint density at radius 2 is 1.95 bits per heavy atom. The van der Waals surface area contributed by atoms with E-state index in [1.807, 2.05) is 19.1 Å². The summed E-state index contributed by atoms with van der Waals surface area (Å²) < 4.78 is 5.88. The molecule has 0 spiro atoms. The van der Waals surface area contributed by atoms with Crippen LogP contribution in [0.5, 0.6) is 5.75 Å². The molecule has 1 unspecified atom stereocenters. The van der Waals surface area contributed by atoms with Gasteiger partial charge < -0.3 is 10.5 Å². The second-order valence-corrected chi connectivity index (χ2v) is 6.07. The van der Waals surface area contributed by atoms with Crippen molar-refractivity contribution in [2.24, 2.45) is 5.73 Å². The number of hydrogen-bond donors (Lipinski definition) is 1. The number of benzene rings is 1. The summed E-state index contributed by atoms with van der Waals surface area (Å²) in [5, 5.41) is 0.798. The molecule has 20 heavy (non-hydrogen) atoms. The first kappa shape index (κ1) is 17.3. The van der Waals surface area contributed by atoms with Gasteiger partial charge in [-0.2, -0.15) is 0 Å². The average Bonchev–Trinajstić information content (AvgIpc) is 2.40. The highest BCUT2D eigenvalue weighted by Crippen LogP contribution is 2.34. The van der Waals surface area contributed by atoms with Crippen LogP contribution in [0, 0.1) is 0 Å². The number of hydrogen-bond acceptors (Lipinski definition) is 2. The maximum Gasteiger partial charge on any atom is 0.126 e. The Labute approximate surface area is 128 Å². The van der Waals surface area contributed by atoms with Gasteiger partial charge in [-0.3, -0.25) is 0 Å². The van der Waals surface area contributed by atoms with Gasteiger partial charge in [-0.1, -0.05) is 32.4 Å². The van der Waals surface area contributed by atoms with Crippen LogP contribution in [-0.4, -0.2) is 12.6 Å². The first-order chi connectivity index (χ1) is 9.49. The summed E-state index contributed by atoms with van der Waals surface area (Å²) in [7, 11) is 0. The number of ether oxygens (including phenoxy) is 1.